The molecule has 1 fully saturated rings. The predicted octanol–water partition coefficient (Wildman–Crippen LogP) is 6.36. The summed E-state index contributed by atoms with van der Waals surface area (Å²) in [6, 6.07) is 34.5. The van der Waals surface area contributed by atoms with Crippen molar-refractivity contribution in [1.82, 2.24) is 19.6 Å². The standard InChI is InChI=1S/C33H28F2N4O/c34-27-13-11-24(12-14-27)30-23-31(39(36-30)29-17-15-28(35)16-18-29)33(40)38-21-19-37(20-22-38)32(25-7-3-1-4-8-25)26-9-5-2-6-10-26/h1-18,23,32H,19-22H2. The number of hydrogen-bond acceptors (Lipinski definition) is 3. The molecule has 5 aromatic rings. The molecule has 5 nitrogen and oxygen atoms in total. The molecule has 0 radical (unpaired) electrons. The van der Waals surface area contributed by atoms with Crippen molar-refractivity contribution in [2.45, 2.75) is 6.04 Å². The van der Waals surface area contributed by atoms with Crippen molar-refractivity contribution in [1.29, 1.82) is 0 Å². The number of aromatic nitrogens is 2. The molecule has 1 saturated heterocycles. The van der Waals surface area contributed by atoms with E-state index < -0.39 is 0 Å². The molecule has 1 aliphatic rings. The van der Waals surface area contributed by atoms with Gasteiger partial charge in [0.05, 0.1) is 17.4 Å². The third-order valence-corrected chi connectivity index (χ3v) is 7.34. The minimum Gasteiger partial charge on any atom is -0.335 e. The van der Waals surface area contributed by atoms with Crippen molar-refractivity contribution in [3.05, 3.63) is 144 Å². The van der Waals surface area contributed by atoms with Crippen molar-refractivity contribution in [3.63, 3.8) is 0 Å². The number of halogens is 2. The molecule has 4 aromatic carbocycles. The highest BCUT2D eigenvalue weighted by Gasteiger charge is 2.30. The first kappa shape index (κ1) is 25.6. The number of rotatable bonds is 6. The number of nitrogens with zero attached hydrogens (tertiary/aromatic N) is 4. The van der Waals surface area contributed by atoms with Gasteiger partial charge >= 0.3 is 0 Å². The second-order valence-electron chi connectivity index (χ2n) is 9.86. The van der Waals surface area contributed by atoms with Crippen LogP contribution in [-0.4, -0.2) is 51.7 Å². The van der Waals surface area contributed by atoms with Crippen molar-refractivity contribution < 1.29 is 13.6 Å². The summed E-state index contributed by atoms with van der Waals surface area (Å²) in [5.74, 6) is -0.869. The predicted molar refractivity (Wildman–Crippen MR) is 151 cm³/mol. The Morgan fingerprint density at radius 2 is 1.20 bits per heavy atom. The Morgan fingerprint density at radius 1 is 0.675 bits per heavy atom. The molecule has 0 aliphatic carbocycles. The van der Waals surface area contributed by atoms with E-state index in [0.29, 0.717) is 48.8 Å². The van der Waals surface area contributed by atoms with Gasteiger partial charge in [0.1, 0.15) is 17.3 Å². The summed E-state index contributed by atoms with van der Waals surface area (Å²) in [5.41, 5.74) is 4.61. The van der Waals surface area contributed by atoms with E-state index in [0.717, 1.165) is 0 Å². The summed E-state index contributed by atoms with van der Waals surface area (Å²) in [5, 5.41) is 4.66. The lowest BCUT2D eigenvalue weighted by Crippen LogP contribution is -2.50. The third-order valence-electron chi connectivity index (χ3n) is 7.34. The lowest BCUT2D eigenvalue weighted by Gasteiger charge is -2.39. The highest BCUT2D eigenvalue weighted by molar-refractivity contribution is 5.94. The van der Waals surface area contributed by atoms with Gasteiger partial charge in [0, 0.05) is 31.7 Å². The Labute approximate surface area is 231 Å². The van der Waals surface area contributed by atoms with Gasteiger partial charge in [-0.1, -0.05) is 60.7 Å². The van der Waals surface area contributed by atoms with Crippen LogP contribution in [0.15, 0.2) is 115 Å². The maximum Gasteiger partial charge on any atom is 0.272 e. The zero-order valence-electron chi connectivity index (χ0n) is 21.8. The van der Waals surface area contributed by atoms with Crippen LogP contribution < -0.4 is 0 Å². The molecule has 7 heteroatoms. The molecule has 200 valence electrons. The summed E-state index contributed by atoms with van der Waals surface area (Å²) < 4.78 is 28.7. The number of piperazine rings is 1. The highest BCUT2D eigenvalue weighted by atomic mass is 19.1. The average molecular weight is 535 g/mol. The summed E-state index contributed by atoms with van der Waals surface area (Å²) in [6.45, 7) is 2.51. The fourth-order valence-corrected chi connectivity index (χ4v) is 5.30. The van der Waals surface area contributed by atoms with E-state index in [9.17, 15) is 13.6 Å². The van der Waals surface area contributed by atoms with Crippen LogP contribution >= 0.6 is 0 Å². The Hall–Kier alpha value is -4.62. The lowest BCUT2D eigenvalue weighted by atomic mass is 9.96. The van der Waals surface area contributed by atoms with Crippen LogP contribution in [-0.2, 0) is 0 Å². The van der Waals surface area contributed by atoms with Crippen LogP contribution in [0.1, 0.15) is 27.7 Å². The van der Waals surface area contributed by atoms with E-state index in [2.05, 4.69) is 58.5 Å². The first-order valence-electron chi connectivity index (χ1n) is 13.3. The summed E-state index contributed by atoms with van der Waals surface area (Å²) in [7, 11) is 0. The molecule has 2 heterocycles. The SMILES string of the molecule is O=C(c1cc(-c2ccc(F)cc2)nn1-c1ccc(F)cc1)N1CCN(C(c2ccccc2)c2ccccc2)CC1. The number of hydrogen-bond donors (Lipinski definition) is 0. The molecule has 0 unspecified atom stereocenters. The smallest absolute Gasteiger partial charge is 0.272 e. The molecule has 0 atom stereocenters. The normalized spacial score (nSPS) is 14.0. The topological polar surface area (TPSA) is 41.4 Å². The van der Waals surface area contributed by atoms with Crippen LogP contribution in [0.4, 0.5) is 8.78 Å². The average Bonchev–Trinajstić information content (AvgIpc) is 3.45. The number of carbonyl (C=O) groups excluding carboxylic acids is 1. The highest BCUT2D eigenvalue weighted by Crippen LogP contribution is 2.30. The molecular weight excluding hydrogens is 506 g/mol. The summed E-state index contributed by atoms with van der Waals surface area (Å²) in [4.78, 5) is 18.1. The Morgan fingerprint density at radius 3 is 1.75 bits per heavy atom. The van der Waals surface area contributed by atoms with Crippen LogP contribution in [0.25, 0.3) is 16.9 Å². The Kier molecular flexibility index (Phi) is 7.21. The molecule has 40 heavy (non-hydrogen) atoms. The minimum absolute atomic E-state index is 0.0921. The van der Waals surface area contributed by atoms with Crippen LogP contribution in [0.3, 0.4) is 0 Å². The molecule has 1 aromatic heterocycles. The second kappa shape index (κ2) is 11.2. The van der Waals surface area contributed by atoms with Crippen molar-refractivity contribution in [2.24, 2.45) is 0 Å². The largest absolute Gasteiger partial charge is 0.335 e. The van der Waals surface area contributed by atoms with Gasteiger partial charge in [-0.15, -0.1) is 0 Å². The molecular formula is C33H28F2N4O. The summed E-state index contributed by atoms with van der Waals surface area (Å²) in [6.07, 6.45) is 0. The van der Waals surface area contributed by atoms with Gasteiger partial charge in [0.25, 0.3) is 5.91 Å². The second-order valence-corrected chi connectivity index (χ2v) is 9.86. The van der Waals surface area contributed by atoms with Gasteiger partial charge in [-0.3, -0.25) is 9.69 Å². The van der Waals surface area contributed by atoms with Gasteiger partial charge in [-0.25, -0.2) is 13.5 Å². The van der Waals surface area contributed by atoms with Crippen molar-refractivity contribution in [2.75, 3.05) is 26.2 Å². The first-order valence-corrected chi connectivity index (χ1v) is 13.3. The van der Waals surface area contributed by atoms with Gasteiger partial charge in [-0.05, 0) is 65.7 Å². The molecule has 1 aliphatic heterocycles. The minimum atomic E-state index is -0.370. The van der Waals surface area contributed by atoms with Crippen LogP contribution in [0, 0.1) is 11.6 Å². The monoisotopic (exact) mass is 534 g/mol. The summed E-state index contributed by atoms with van der Waals surface area (Å²) >= 11 is 0. The zero-order chi connectivity index (χ0) is 27.5. The Bertz CT molecular complexity index is 1540. The van der Waals surface area contributed by atoms with Crippen molar-refractivity contribution in [3.8, 4) is 16.9 Å². The van der Waals surface area contributed by atoms with Gasteiger partial charge in [-0.2, -0.15) is 5.10 Å². The van der Waals surface area contributed by atoms with E-state index >= 15 is 0 Å². The molecule has 1 amide bonds. The quantitative estimate of drug-likeness (QED) is 0.254. The number of amides is 1. The van der Waals surface area contributed by atoms with E-state index in [1.54, 1.807) is 35.0 Å². The fraction of sp³-hybridized carbons (Fsp3) is 0.152. The molecule has 6 rings (SSSR count). The number of carbonyl (C=O) groups is 1. The van der Waals surface area contributed by atoms with E-state index in [4.69, 9.17) is 0 Å². The maximum atomic E-state index is 13.9. The van der Waals surface area contributed by atoms with Gasteiger partial charge in [0.15, 0.2) is 0 Å². The lowest BCUT2D eigenvalue weighted by molar-refractivity contribution is 0.0588. The Balaban J connectivity index is 1.27. The van der Waals surface area contributed by atoms with Crippen LogP contribution in [0.5, 0.6) is 0 Å². The molecule has 0 saturated carbocycles. The van der Waals surface area contributed by atoms with Crippen LogP contribution in [0.2, 0.25) is 0 Å². The maximum absolute atomic E-state index is 13.9. The van der Waals surface area contributed by atoms with Gasteiger partial charge in [0.2, 0.25) is 0 Å². The van der Waals surface area contributed by atoms with Gasteiger partial charge < -0.3 is 4.90 Å². The van der Waals surface area contributed by atoms with E-state index in [1.807, 2.05) is 17.0 Å². The fourth-order valence-electron chi connectivity index (χ4n) is 5.30. The third kappa shape index (κ3) is 5.28. The van der Waals surface area contributed by atoms with E-state index in [-0.39, 0.29) is 23.6 Å². The molecule has 0 spiro atoms. The first-order chi connectivity index (χ1) is 19.6. The molecule has 0 bridgehead atoms. The number of benzene rings is 4. The zero-order valence-corrected chi connectivity index (χ0v) is 21.8. The molecule has 0 N–H and O–H groups in total. The van der Waals surface area contributed by atoms with Crippen molar-refractivity contribution >= 4 is 5.91 Å². The van der Waals surface area contributed by atoms with E-state index in [1.165, 1.54) is 35.4 Å².